The van der Waals surface area contributed by atoms with Gasteiger partial charge in [0.25, 0.3) is 5.91 Å². The number of halogens is 2. The van der Waals surface area contributed by atoms with Crippen molar-refractivity contribution >= 4 is 30.5 Å². The molecule has 0 aliphatic heterocycles. The molecule has 4 N–H and O–H groups in total. The molecule has 3 aromatic rings. The van der Waals surface area contributed by atoms with E-state index in [1.54, 1.807) is 54.6 Å². The molecule has 2 atom stereocenters. The molecule has 0 spiro atoms. The van der Waals surface area contributed by atoms with E-state index in [0.717, 1.165) is 0 Å². The standard InChI is InChI=1S/C24H23BClFN2O4/c26-19-8-4-7-18(14-19)21(28-24(31)17-5-2-1-3-6-17)15-23(30)29-22(25(32)33)13-16-9-11-20(27)12-10-16/h1-12,14,21-22,32-33H,13,15H2,(H,28,31)(H,29,30)/t21?,22-/m0/s1. The minimum absolute atomic E-state index is 0.0852. The quantitative estimate of drug-likeness (QED) is 0.363. The molecule has 1 unspecified atom stereocenters. The molecule has 33 heavy (non-hydrogen) atoms. The lowest BCUT2D eigenvalue weighted by Crippen LogP contribution is -2.48. The lowest BCUT2D eigenvalue weighted by Gasteiger charge is -2.22. The largest absolute Gasteiger partial charge is 0.475 e. The van der Waals surface area contributed by atoms with Gasteiger partial charge in [-0.25, -0.2) is 4.39 Å². The number of rotatable bonds is 9. The Bertz CT molecular complexity index is 1080. The van der Waals surface area contributed by atoms with E-state index in [-0.39, 0.29) is 18.7 Å². The number of benzene rings is 3. The molecule has 0 radical (unpaired) electrons. The lowest BCUT2D eigenvalue weighted by molar-refractivity contribution is -0.122. The van der Waals surface area contributed by atoms with Crippen LogP contribution in [0.2, 0.25) is 5.02 Å². The van der Waals surface area contributed by atoms with Crippen LogP contribution in [0.4, 0.5) is 4.39 Å². The molecule has 170 valence electrons. The fourth-order valence-electron chi connectivity index (χ4n) is 3.36. The van der Waals surface area contributed by atoms with Gasteiger partial charge < -0.3 is 20.7 Å². The third-order valence-corrected chi connectivity index (χ3v) is 5.29. The molecule has 0 aliphatic carbocycles. The van der Waals surface area contributed by atoms with Gasteiger partial charge in [-0.05, 0) is 53.9 Å². The van der Waals surface area contributed by atoms with E-state index in [4.69, 9.17) is 11.6 Å². The predicted molar refractivity (Wildman–Crippen MR) is 125 cm³/mol. The highest BCUT2D eigenvalue weighted by atomic mass is 35.5. The van der Waals surface area contributed by atoms with Crippen LogP contribution < -0.4 is 10.6 Å². The second kappa shape index (κ2) is 11.6. The lowest BCUT2D eigenvalue weighted by atomic mass is 9.76. The Kier molecular flexibility index (Phi) is 8.60. The number of nitrogens with one attached hydrogen (secondary N) is 2. The SMILES string of the molecule is O=C(CC(NC(=O)c1ccccc1)c1cccc(Cl)c1)N[C@@H](Cc1ccc(F)cc1)B(O)O. The molecule has 0 heterocycles. The highest BCUT2D eigenvalue weighted by Crippen LogP contribution is 2.21. The van der Waals surface area contributed by atoms with Gasteiger partial charge in [-0.2, -0.15) is 0 Å². The molecule has 6 nitrogen and oxygen atoms in total. The highest BCUT2D eigenvalue weighted by molar-refractivity contribution is 6.43. The maximum absolute atomic E-state index is 13.1. The number of hydrogen-bond acceptors (Lipinski definition) is 4. The van der Waals surface area contributed by atoms with Crippen molar-refractivity contribution in [2.75, 3.05) is 0 Å². The summed E-state index contributed by atoms with van der Waals surface area (Å²) in [4.78, 5) is 25.5. The van der Waals surface area contributed by atoms with Crippen LogP contribution in [-0.4, -0.2) is 34.9 Å². The summed E-state index contributed by atoms with van der Waals surface area (Å²) >= 11 is 6.10. The first-order valence-corrected chi connectivity index (χ1v) is 10.7. The molecule has 2 amide bonds. The molecule has 9 heteroatoms. The maximum atomic E-state index is 13.1. The van der Waals surface area contributed by atoms with Gasteiger partial charge in [-0.3, -0.25) is 9.59 Å². The summed E-state index contributed by atoms with van der Waals surface area (Å²) in [5, 5.41) is 25.4. The average Bonchev–Trinajstić information content (AvgIpc) is 2.80. The van der Waals surface area contributed by atoms with Gasteiger partial charge in [0.05, 0.1) is 18.4 Å². The minimum atomic E-state index is -1.83. The molecule has 0 bridgehead atoms. The van der Waals surface area contributed by atoms with Crippen molar-refractivity contribution in [3.05, 3.63) is 106 Å². The molecule has 3 aromatic carbocycles. The van der Waals surface area contributed by atoms with E-state index in [2.05, 4.69) is 10.6 Å². The summed E-state index contributed by atoms with van der Waals surface area (Å²) < 4.78 is 13.1. The van der Waals surface area contributed by atoms with Gasteiger partial charge in [-0.1, -0.05) is 54.1 Å². The van der Waals surface area contributed by atoms with Crippen LogP contribution in [0.15, 0.2) is 78.9 Å². The van der Waals surface area contributed by atoms with Crippen molar-refractivity contribution in [1.29, 1.82) is 0 Å². The van der Waals surface area contributed by atoms with Crippen LogP contribution >= 0.6 is 11.6 Å². The summed E-state index contributed by atoms with van der Waals surface area (Å²) in [6, 6.07) is 20.2. The molecule has 0 saturated carbocycles. The molecule has 0 saturated heterocycles. The van der Waals surface area contributed by atoms with Crippen LogP contribution in [0.25, 0.3) is 0 Å². The monoisotopic (exact) mass is 468 g/mol. The Morgan fingerprint density at radius 3 is 2.27 bits per heavy atom. The van der Waals surface area contributed by atoms with E-state index in [0.29, 0.717) is 21.7 Å². The van der Waals surface area contributed by atoms with Crippen molar-refractivity contribution < 1.29 is 24.0 Å². The Hall–Kier alpha value is -3.20. The second-order valence-corrected chi connectivity index (χ2v) is 8.01. The molecular formula is C24H23BClFN2O4. The molecule has 0 aromatic heterocycles. The number of hydrogen-bond donors (Lipinski definition) is 4. The molecular weight excluding hydrogens is 446 g/mol. The Morgan fingerprint density at radius 2 is 1.64 bits per heavy atom. The number of amides is 2. The van der Waals surface area contributed by atoms with E-state index >= 15 is 0 Å². The molecule has 3 rings (SSSR count). The van der Waals surface area contributed by atoms with Crippen LogP contribution in [0.1, 0.15) is 33.9 Å². The minimum Gasteiger partial charge on any atom is -0.426 e. The first kappa shape index (κ1) is 24.4. The first-order chi connectivity index (χ1) is 15.8. The molecule has 0 fully saturated rings. The van der Waals surface area contributed by atoms with E-state index in [1.807, 2.05) is 0 Å². The van der Waals surface area contributed by atoms with Gasteiger partial charge in [0.15, 0.2) is 0 Å². The average molecular weight is 469 g/mol. The predicted octanol–water partition coefficient (Wildman–Crippen LogP) is 3.08. The van der Waals surface area contributed by atoms with E-state index in [9.17, 15) is 24.0 Å². The molecule has 0 aliphatic rings. The van der Waals surface area contributed by atoms with Crippen molar-refractivity contribution in [1.82, 2.24) is 10.6 Å². The van der Waals surface area contributed by atoms with Crippen molar-refractivity contribution in [2.24, 2.45) is 0 Å². The summed E-state index contributed by atoms with van der Waals surface area (Å²) in [5.41, 5.74) is 1.69. The summed E-state index contributed by atoms with van der Waals surface area (Å²) in [7, 11) is -1.83. The Labute approximate surface area is 196 Å². The second-order valence-electron chi connectivity index (χ2n) is 7.57. The van der Waals surface area contributed by atoms with Crippen molar-refractivity contribution in [3.8, 4) is 0 Å². The van der Waals surface area contributed by atoms with Gasteiger partial charge in [0.1, 0.15) is 5.82 Å². The normalized spacial score (nSPS) is 12.5. The van der Waals surface area contributed by atoms with Gasteiger partial charge in [-0.15, -0.1) is 0 Å². The van der Waals surface area contributed by atoms with E-state index in [1.165, 1.54) is 24.3 Å². The fourth-order valence-corrected chi connectivity index (χ4v) is 3.56. The summed E-state index contributed by atoms with van der Waals surface area (Å²) in [6.45, 7) is 0. The smallest absolute Gasteiger partial charge is 0.426 e. The van der Waals surface area contributed by atoms with Gasteiger partial charge in [0.2, 0.25) is 5.91 Å². The zero-order chi connectivity index (χ0) is 23.8. The van der Waals surface area contributed by atoms with Crippen LogP contribution in [0.5, 0.6) is 0 Å². The number of carbonyl (C=O) groups excluding carboxylic acids is 2. The number of carbonyl (C=O) groups is 2. The third-order valence-electron chi connectivity index (χ3n) is 5.06. The van der Waals surface area contributed by atoms with Gasteiger partial charge >= 0.3 is 7.12 Å². The zero-order valence-electron chi connectivity index (χ0n) is 17.6. The highest BCUT2D eigenvalue weighted by Gasteiger charge is 2.27. The Morgan fingerprint density at radius 1 is 0.939 bits per heavy atom. The van der Waals surface area contributed by atoms with Gasteiger partial charge in [0, 0.05) is 10.6 Å². The van der Waals surface area contributed by atoms with E-state index < -0.39 is 30.8 Å². The maximum Gasteiger partial charge on any atom is 0.475 e. The summed E-state index contributed by atoms with van der Waals surface area (Å²) in [6.07, 6.45) is -0.0759. The summed E-state index contributed by atoms with van der Waals surface area (Å²) in [5.74, 6) is -2.30. The van der Waals surface area contributed by atoms with Crippen LogP contribution in [-0.2, 0) is 11.2 Å². The third kappa shape index (κ3) is 7.42. The van der Waals surface area contributed by atoms with Crippen LogP contribution in [0, 0.1) is 5.82 Å². The Balaban J connectivity index is 1.73. The van der Waals surface area contributed by atoms with Crippen LogP contribution in [0.3, 0.4) is 0 Å². The fraction of sp³-hybridized carbons (Fsp3) is 0.167. The first-order valence-electron chi connectivity index (χ1n) is 10.3. The van der Waals surface area contributed by atoms with Crippen molar-refractivity contribution in [3.63, 3.8) is 0 Å². The zero-order valence-corrected chi connectivity index (χ0v) is 18.4. The topological polar surface area (TPSA) is 98.7 Å². The van der Waals surface area contributed by atoms with Crippen molar-refractivity contribution in [2.45, 2.75) is 24.8 Å².